The molecule has 10 nitrogen and oxygen atoms in total. The maximum Gasteiger partial charge on any atom is 0.248 e. The predicted molar refractivity (Wildman–Crippen MR) is 456 cm³/mol. The van der Waals surface area contributed by atoms with Gasteiger partial charge in [-0.15, -0.1) is 10.2 Å². The largest absolute Gasteiger partial charge is 0.492 e. The van der Waals surface area contributed by atoms with Crippen LogP contribution in [0.25, 0.3) is 22.9 Å². The summed E-state index contributed by atoms with van der Waals surface area (Å²) in [6.07, 6.45) is 25.4. The first-order chi connectivity index (χ1) is 53.8. The molecule has 9 rings (SSSR count). The zero-order valence-electron chi connectivity index (χ0n) is 67.9. The van der Waals surface area contributed by atoms with Crippen molar-refractivity contribution < 1.29 is 32.8 Å². The van der Waals surface area contributed by atoms with E-state index in [1.807, 2.05) is 72.8 Å². The highest BCUT2D eigenvalue weighted by Crippen LogP contribution is 2.38. The van der Waals surface area contributed by atoms with Gasteiger partial charge in [-0.05, 0) is 148 Å². The molecule has 10 heteroatoms. The topological polar surface area (TPSA) is 97.5 Å². The molecule has 0 atom stereocenters. The Morgan fingerprint density at radius 1 is 0.291 bits per heavy atom. The van der Waals surface area contributed by atoms with Crippen molar-refractivity contribution in [2.24, 2.45) is 0 Å². The molecule has 0 aliphatic carbocycles. The number of anilines is 3. The van der Waals surface area contributed by atoms with Gasteiger partial charge in [0.15, 0.2) is 0 Å². The third kappa shape index (κ3) is 26.8. The van der Waals surface area contributed by atoms with Crippen LogP contribution in [0.15, 0.2) is 162 Å². The first kappa shape index (κ1) is 83.8. The Bertz CT molecular complexity index is 4490. The van der Waals surface area contributed by atoms with Crippen LogP contribution >= 0.6 is 0 Å². The Hall–Kier alpha value is -10.3. The number of benzene rings is 8. The first-order valence-electron chi connectivity index (χ1n) is 41.2. The molecule has 0 unspecified atom stereocenters. The lowest BCUT2D eigenvalue weighted by Gasteiger charge is -2.25. The number of unbranched alkanes of at least 4 members (excludes halogenated alkanes) is 18. The van der Waals surface area contributed by atoms with Crippen LogP contribution in [0.5, 0.6) is 34.5 Å². The van der Waals surface area contributed by atoms with Crippen LogP contribution in [0, 0.1) is 61.2 Å². The first-order valence-corrected chi connectivity index (χ1v) is 41.2. The van der Waals surface area contributed by atoms with Crippen LogP contribution in [-0.2, 0) is 5.41 Å². The van der Waals surface area contributed by atoms with Crippen molar-refractivity contribution in [3.63, 3.8) is 0 Å². The van der Waals surface area contributed by atoms with E-state index in [0.29, 0.717) is 108 Å². The maximum absolute atomic E-state index is 6.85. The zero-order chi connectivity index (χ0) is 77.6. The van der Waals surface area contributed by atoms with Gasteiger partial charge in [0.25, 0.3) is 0 Å². The van der Waals surface area contributed by atoms with Gasteiger partial charge < -0.3 is 37.7 Å². The average Bonchev–Trinajstić information content (AvgIpc) is 1.33. The SMILES string of the molecule is CCCCCCOc1cc(C#Cc2cc(OCCCCCC)c(C#Cc3cc(OCCCCCC)c(C#Cc4ccc(N(c5ccc(C)cc5)c5ccc(C)cc5)cc4)cc3OCCCCCC)cc2OCCCCCC)c(OCCCCCC)cc1C#Cc1ccc(-c2nnc(-c3ccc(C(C)(C)C)cc3)o2)cc1. The van der Waals surface area contributed by atoms with Crippen LogP contribution < -0.4 is 33.3 Å². The summed E-state index contributed by atoms with van der Waals surface area (Å²) in [6, 6.07) is 54.2. The highest BCUT2D eigenvalue weighted by molar-refractivity contribution is 5.77. The van der Waals surface area contributed by atoms with Crippen molar-refractivity contribution in [2.45, 2.75) is 236 Å². The molecule has 9 aromatic rings. The smallest absolute Gasteiger partial charge is 0.248 e. The van der Waals surface area contributed by atoms with Crippen LogP contribution in [0.4, 0.5) is 17.1 Å². The summed E-state index contributed by atoms with van der Waals surface area (Å²) in [5.74, 6) is 33.2. The summed E-state index contributed by atoms with van der Waals surface area (Å²) >= 11 is 0. The van der Waals surface area contributed by atoms with Gasteiger partial charge in [0.1, 0.15) is 34.5 Å². The van der Waals surface area contributed by atoms with Gasteiger partial charge in [-0.3, -0.25) is 0 Å². The van der Waals surface area contributed by atoms with Crippen molar-refractivity contribution in [1.82, 2.24) is 10.2 Å². The van der Waals surface area contributed by atoms with E-state index in [2.05, 4.69) is 224 Å². The lowest BCUT2D eigenvalue weighted by atomic mass is 9.87. The van der Waals surface area contributed by atoms with Gasteiger partial charge in [0.2, 0.25) is 11.8 Å². The summed E-state index contributed by atoms with van der Waals surface area (Å²) in [4.78, 5) is 2.28. The number of rotatable bonds is 41. The fraction of sp³-hybridized carbons (Fsp3) is 0.420. The monoisotopic (exact) mass is 1470 g/mol. The van der Waals surface area contributed by atoms with E-state index in [0.717, 1.165) is 205 Å². The molecule has 0 amide bonds. The Balaban J connectivity index is 1.11. The van der Waals surface area contributed by atoms with E-state index in [1.165, 1.54) is 16.7 Å². The molecular formula is C100H119N3O7. The molecule has 110 heavy (non-hydrogen) atoms. The van der Waals surface area contributed by atoms with Gasteiger partial charge in [0.05, 0.1) is 73.0 Å². The second-order valence-electron chi connectivity index (χ2n) is 29.9. The second kappa shape index (κ2) is 45.7. The quantitative estimate of drug-likeness (QED) is 0.0272. The molecular weight excluding hydrogens is 1360 g/mol. The molecule has 0 N–H and O–H groups in total. The number of nitrogens with zero attached hydrogens (tertiary/aromatic N) is 3. The number of hydrogen-bond donors (Lipinski definition) is 0. The van der Waals surface area contributed by atoms with Crippen LogP contribution in [0.1, 0.15) is 278 Å². The third-order valence-electron chi connectivity index (χ3n) is 19.4. The minimum Gasteiger partial charge on any atom is -0.492 e. The molecule has 0 spiro atoms. The van der Waals surface area contributed by atoms with Crippen LogP contribution in [0.2, 0.25) is 0 Å². The van der Waals surface area contributed by atoms with E-state index >= 15 is 0 Å². The third-order valence-corrected chi connectivity index (χ3v) is 19.4. The molecule has 0 aliphatic rings. The van der Waals surface area contributed by atoms with Crippen LogP contribution in [0.3, 0.4) is 0 Å². The summed E-state index contributed by atoms with van der Waals surface area (Å²) in [6.45, 7) is 27.4. The van der Waals surface area contributed by atoms with Gasteiger partial charge in [-0.25, -0.2) is 0 Å². The molecule has 0 fully saturated rings. The molecule has 0 saturated carbocycles. The van der Waals surface area contributed by atoms with Crippen molar-refractivity contribution in [3.8, 4) is 105 Å². The number of aryl methyl sites for hydroxylation is 2. The number of ether oxygens (including phenoxy) is 6. The Kier molecular flexibility index (Phi) is 34.8. The van der Waals surface area contributed by atoms with E-state index in [-0.39, 0.29) is 5.41 Å². The summed E-state index contributed by atoms with van der Waals surface area (Å²) in [5.41, 5.74) is 14.5. The molecule has 576 valence electrons. The summed E-state index contributed by atoms with van der Waals surface area (Å²) in [7, 11) is 0. The second-order valence-corrected chi connectivity index (χ2v) is 29.9. The summed E-state index contributed by atoms with van der Waals surface area (Å²) in [5, 5.41) is 8.82. The normalized spacial score (nSPS) is 10.9. The predicted octanol–water partition coefficient (Wildman–Crippen LogP) is 26.1. The Morgan fingerprint density at radius 2 is 0.527 bits per heavy atom. The minimum atomic E-state index is 0.0398. The van der Waals surface area contributed by atoms with Crippen molar-refractivity contribution in [3.05, 3.63) is 219 Å². The van der Waals surface area contributed by atoms with Gasteiger partial charge in [-0.2, -0.15) is 0 Å². The molecule has 1 heterocycles. The van der Waals surface area contributed by atoms with Gasteiger partial charge in [0, 0.05) is 75.7 Å². The average molecular weight is 1480 g/mol. The zero-order valence-corrected chi connectivity index (χ0v) is 67.9. The summed E-state index contributed by atoms with van der Waals surface area (Å²) < 4.78 is 46.9. The highest BCUT2D eigenvalue weighted by atomic mass is 16.5. The minimum absolute atomic E-state index is 0.0398. The lowest BCUT2D eigenvalue weighted by molar-refractivity contribution is 0.295. The standard InChI is InChI=1S/C100H119N3O7/c1-12-18-24-30-64-104-92-72-84(94(106-66-32-26-20-14-3)70-82(92)48-42-78-40-46-80(47-41-78)98-101-102-99(110-98)81-54-56-88(57-55-81)100(9,10)11)50-52-86-74-97(109-69-35-29-23-17-6)87(75-96(86)108-68-34-28-22-16-5)53-51-85-73-93(105-65-31-25-19-13-2)83(71-95(85)107-67-33-27-21-15-4)49-43-79-44-62-91(63-45-79)103(89-58-36-76(7)37-59-89)90-60-38-77(8)39-61-90/h36-41,44-47,54-63,70-75H,12-35,64-69H2,1-11H3. The Labute approximate surface area is 660 Å². The Morgan fingerprint density at radius 3 is 0.782 bits per heavy atom. The van der Waals surface area contributed by atoms with Crippen molar-refractivity contribution in [1.29, 1.82) is 0 Å². The molecule has 0 radical (unpaired) electrons. The highest BCUT2D eigenvalue weighted by Gasteiger charge is 2.20. The lowest BCUT2D eigenvalue weighted by Crippen LogP contribution is -2.10. The van der Waals surface area contributed by atoms with E-state index in [9.17, 15) is 0 Å². The van der Waals surface area contributed by atoms with Crippen LogP contribution in [-0.4, -0.2) is 49.8 Å². The van der Waals surface area contributed by atoms with Gasteiger partial charge >= 0.3 is 0 Å². The molecule has 0 bridgehead atoms. The van der Waals surface area contributed by atoms with E-state index in [4.69, 9.17) is 32.8 Å². The molecule has 1 aromatic heterocycles. The van der Waals surface area contributed by atoms with E-state index < -0.39 is 0 Å². The molecule has 8 aromatic carbocycles. The fourth-order valence-corrected chi connectivity index (χ4v) is 12.6. The van der Waals surface area contributed by atoms with Crippen molar-refractivity contribution in [2.75, 3.05) is 44.5 Å². The van der Waals surface area contributed by atoms with Gasteiger partial charge in [-0.1, -0.05) is 273 Å². The number of aromatic nitrogens is 2. The molecule has 0 aliphatic heterocycles. The number of hydrogen-bond acceptors (Lipinski definition) is 10. The fourth-order valence-electron chi connectivity index (χ4n) is 12.6. The van der Waals surface area contributed by atoms with E-state index in [1.54, 1.807) is 0 Å². The van der Waals surface area contributed by atoms with Crippen molar-refractivity contribution >= 4 is 17.1 Å². The maximum atomic E-state index is 6.85. The molecule has 0 saturated heterocycles.